The smallest absolute Gasteiger partial charge is 0.231 e. The first-order valence-electron chi connectivity index (χ1n) is 8.70. The molecule has 142 valence electrons. The minimum absolute atomic E-state index is 0. The van der Waals surface area contributed by atoms with E-state index in [1.54, 1.807) is 0 Å². The first-order chi connectivity index (χ1) is 12.7. The largest absolute Gasteiger partial charge is 0.370 e. The summed E-state index contributed by atoms with van der Waals surface area (Å²) < 4.78 is 5.37. The highest BCUT2D eigenvalue weighted by atomic mass is 127. The normalized spacial score (nSPS) is 12.3. The van der Waals surface area contributed by atoms with Gasteiger partial charge in [0, 0.05) is 11.3 Å². The molecule has 1 unspecified atom stereocenters. The Morgan fingerprint density at radius 1 is 1.15 bits per heavy atom. The summed E-state index contributed by atoms with van der Waals surface area (Å²) in [6, 6.07) is 17.9. The maximum absolute atomic E-state index is 5.97. The van der Waals surface area contributed by atoms with Crippen LogP contribution >= 0.6 is 24.0 Å². The minimum Gasteiger partial charge on any atom is -0.370 e. The summed E-state index contributed by atoms with van der Waals surface area (Å²) in [6.45, 7) is 4.57. The number of nitrogens with zero attached hydrogens (tertiary/aromatic N) is 3. The molecule has 0 spiro atoms. The van der Waals surface area contributed by atoms with Gasteiger partial charge in [0.25, 0.3) is 0 Å². The topological polar surface area (TPSA) is 89.3 Å². The van der Waals surface area contributed by atoms with Gasteiger partial charge in [-0.25, -0.2) is 0 Å². The number of nitrogens with one attached hydrogen (secondary N) is 1. The zero-order valence-corrected chi connectivity index (χ0v) is 17.8. The third kappa shape index (κ3) is 5.78. The number of benzene rings is 2. The summed E-state index contributed by atoms with van der Waals surface area (Å²) in [4.78, 5) is 8.83. The standard InChI is InChI=1S/C20H23N5O.HI/c1-3-15-9-11-17(12-10-15)23-20(21)22-13-14(2)19-24-18(25-26-19)16-7-5-4-6-8-16;/h4-12,14H,3,13H2,1-2H3,(H3,21,22,23);1H. The number of nitrogens with two attached hydrogens (primary N) is 1. The molecule has 0 amide bonds. The van der Waals surface area contributed by atoms with Crippen LogP contribution in [0.25, 0.3) is 11.4 Å². The Balaban J connectivity index is 0.00000261. The second-order valence-corrected chi connectivity index (χ2v) is 6.12. The number of halogens is 1. The second-order valence-electron chi connectivity index (χ2n) is 6.12. The van der Waals surface area contributed by atoms with Crippen LogP contribution < -0.4 is 11.1 Å². The van der Waals surface area contributed by atoms with E-state index in [1.165, 1.54) is 5.56 Å². The highest BCUT2D eigenvalue weighted by Crippen LogP contribution is 2.19. The summed E-state index contributed by atoms with van der Waals surface area (Å²) in [5.74, 6) is 1.47. The van der Waals surface area contributed by atoms with Crippen LogP contribution in [0.4, 0.5) is 5.69 Å². The molecule has 0 saturated carbocycles. The van der Waals surface area contributed by atoms with Crippen LogP contribution in [0.5, 0.6) is 0 Å². The van der Waals surface area contributed by atoms with E-state index in [9.17, 15) is 0 Å². The monoisotopic (exact) mass is 477 g/mol. The van der Waals surface area contributed by atoms with Gasteiger partial charge in [-0.2, -0.15) is 4.98 Å². The van der Waals surface area contributed by atoms with E-state index in [0.717, 1.165) is 17.7 Å². The quantitative estimate of drug-likeness (QED) is 0.311. The number of aliphatic imine (C=N–C) groups is 1. The van der Waals surface area contributed by atoms with E-state index in [4.69, 9.17) is 10.3 Å². The van der Waals surface area contributed by atoms with Gasteiger partial charge in [0.05, 0.1) is 12.5 Å². The lowest BCUT2D eigenvalue weighted by Crippen LogP contribution is -2.23. The highest BCUT2D eigenvalue weighted by molar-refractivity contribution is 14.0. The molecule has 3 N–H and O–H groups in total. The third-order valence-electron chi connectivity index (χ3n) is 4.07. The molecule has 1 heterocycles. The van der Waals surface area contributed by atoms with Crippen molar-refractivity contribution in [1.29, 1.82) is 0 Å². The molecule has 0 bridgehead atoms. The molecule has 0 aliphatic heterocycles. The first-order valence-corrected chi connectivity index (χ1v) is 8.70. The fraction of sp³-hybridized carbons (Fsp3) is 0.250. The summed E-state index contributed by atoms with van der Waals surface area (Å²) in [5, 5.41) is 7.13. The predicted octanol–water partition coefficient (Wildman–Crippen LogP) is 4.45. The average Bonchev–Trinajstić information content (AvgIpc) is 3.18. The maximum atomic E-state index is 5.97. The average molecular weight is 477 g/mol. The number of guanidine groups is 1. The highest BCUT2D eigenvalue weighted by Gasteiger charge is 2.15. The van der Waals surface area contributed by atoms with Crippen molar-refractivity contribution in [3.05, 3.63) is 66.1 Å². The lowest BCUT2D eigenvalue weighted by molar-refractivity contribution is 0.361. The summed E-state index contributed by atoms with van der Waals surface area (Å²) in [6.07, 6.45) is 1.01. The van der Waals surface area contributed by atoms with Crippen molar-refractivity contribution in [2.24, 2.45) is 10.7 Å². The summed E-state index contributed by atoms with van der Waals surface area (Å²) in [7, 11) is 0. The van der Waals surface area contributed by atoms with Crippen molar-refractivity contribution in [3.8, 4) is 11.4 Å². The van der Waals surface area contributed by atoms with Crippen molar-refractivity contribution in [2.75, 3.05) is 11.9 Å². The lowest BCUT2D eigenvalue weighted by Gasteiger charge is -2.07. The van der Waals surface area contributed by atoms with Crippen LogP contribution in [0.3, 0.4) is 0 Å². The molecular formula is C20H24IN5O. The Hall–Kier alpha value is -2.42. The molecule has 0 aliphatic rings. The van der Waals surface area contributed by atoms with E-state index in [1.807, 2.05) is 49.4 Å². The van der Waals surface area contributed by atoms with Gasteiger partial charge in [-0.15, -0.1) is 24.0 Å². The molecule has 7 heteroatoms. The first kappa shape index (κ1) is 20.9. The molecule has 3 aromatic rings. The molecule has 0 saturated heterocycles. The van der Waals surface area contributed by atoms with Crippen LogP contribution in [0.2, 0.25) is 0 Å². The van der Waals surface area contributed by atoms with Crippen molar-refractivity contribution >= 4 is 35.6 Å². The Kier molecular flexibility index (Phi) is 7.78. The fourth-order valence-electron chi connectivity index (χ4n) is 2.46. The number of rotatable bonds is 6. The SMILES string of the molecule is CCc1ccc(NC(N)=NCC(C)c2nc(-c3ccccc3)no2)cc1.I. The van der Waals surface area contributed by atoms with Gasteiger partial charge < -0.3 is 15.6 Å². The van der Waals surface area contributed by atoms with Crippen molar-refractivity contribution in [2.45, 2.75) is 26.2 Å². The second kappa shape index (κ2) is 10.1. The Bertz CT molecular complexity index is 862. The number of hydrogen-bond donors (Lipinski definition) is 2. The van der Waals surface area contributed by atoms with Gasteiger partial charge in [-0.3, -0.25) is 4.99 Å². The molecule has 0 aliphatic carbocycles. The van der Waals surface area contributed by atoms with Crippen molar-refractivity contribution < 1.29 is 4.52 Å². The lowest BCUT2D eigenvalue weighted by atomic mass is 10.1. The van der Waals surface area contributed by atoms with Crippen LogP contribution in [0, 0.1) is 0 Å². The van der Waals surface area contributed by atoms with Gasteiger partial charge in [0.15, 0.2) is 5.96 Å². The van der Waals surface area contributed by atoms with E-state index in [0.29, 0.717) is 24.2 Å². The third-order valence-corrected chi connectivity index (χ3v) is 4.07. The number of anilines is 1. The molecule has 1 aromatic heterocycles. The molecule has 2 aromatic carbocycles. The number of hydrogen-bond acceptors (Lipinski definition) is 4. The van der Waals surface area contributed by atoms with E-state index < -0.39 is 0 Å². The molecule has 1 atom stereocenters. The van der Waals surface area contributed by atoms with Gasteiger partial charge in [0.2, 0.25) is 11.7 Å². The minimum atomic E-state index is -0.0252. The zero-order chi connectivity index (χ0) is 18.4. The molecule has 0 fully saturated rings. The Labute approximate surface area is 176 Å². The summed E-state index contributed by atoms with van der Waals surface area (Å²) in [5.41, 5.74) is 9.10. The van der Waals surface area contributed by atoms with Crippen LogP contribution in [0.15, 0.2) is 64.1 Å². The van der Waals surface area contributed by atoms with Gasteiger partial charge in [-0.05, 0) is 24.1 Å². The van der Waals surface area contributed by atoms with Crippen molar-refractivity contribution in [3.63, 3.8) is 0 Å². The number of aromatic nitrogens is 2. The molecule has 3 rings (SSSR count). The zero-order valence-electron chi connectivity index (χ0n) is 15.4. The van der Waals surface area contributed by atoms with Gasteiger partial charge in [-0.1, -0.05) is 61.5 Å². The summed E-state index contributed by atoms with van der Waals surface area (Å²) >= 11 is 0. The fourth-order valence-corrected chi connectivity index (χ4v) is 2.46. The van der Waals surface area contributed by atoms with Crippen molar-refractivity contribution in [1.82, 2.24) is 10.1 Å². The van der Waals surface area contributed by atoms with Crippen LogP contribution in [0.1, 0.15) is 31.2 Å². The van der Waals surface area contributed by atoms with E-state index in [2.05, 4.69) is 39.5 Å². The Morgan fingerprint density at radius 2 is 1.85 bits per heavy atom. The molecule has 27 heavy (non-hydrogen) atoms. The van der Waals surface area contributed by atoms with E-state index in [-0.39, 0.29) is 29.9 Å². The van der Waals surface area contributed by atoms with Crippen LogP contribution in [-0.2, 0) is 6.42 Å². The van der Waals surface area contributed by atoms with Gasteiger partial charge in [0.1, 0.15) is 0 Å². The maximum Gasteiger partial charge on any atom is 0.231 e. The predicted molar refractivity (Wildman–Crippen MR) is 119 cm³/mol. The molecular weight excluding hydrogens is 453 g/mol. The number of aryl methyl sites for hydroxylation is 1. The van der Waals surface area contributed by atoms with Gasteiger partial charge >= 0.3 is 0 Å². The molecule has 0 radical (unpaired) electrons. The Morgan fingerprint density at radius 3 is 2.52 bits per heavy atom. The molecule has 6 nitrogen and oxygen atoms in total. The van der Waals surface area contributed by atoms with Crippen LogP contribution in [-0.4, -0.2) is 22.6 Å². The van der Waals surface area contributed by atoms with E-state index >= 15 is 0 Å².